The van der Waals surface area contributed by atoms with Gasteiger partial charge in [0.1, 0.15) is 0 Å². The van der Waals surface area contributed by atoms with E-state index < -0.39 is 17.4 Å². The number of esters is 2. The maximum absolute atomic E-state index is 12.5. The highest BCUT2D eigenvalue weighted by Gasteiger charge is 2.48. The fourth-order valence-electron chi connectivity index (χ4n) is 2.28. The number of rotatable bonds is 10. The number of carbonyl (C=O) groups is 2. The van der Waals surface area contributed by atoms with Crippen molar-refractivity contribution in [2.45, 2.75) is 31.6 Å². The van der Waals surface area contributed by atoms with Crippen LogP contribution >= 0.6 is 11.8 Å². The van der Waals surface area contributed by atoms with E-state index in [4.69, 9.17) is 9.47 Å². The molecule has 4 nitrogen and oxygen atoms in total. The van der Waals surface area contributed by atoms with Crippen LogP contribution in [0.25, 0.3) is 0 Å². The average Bonchev–Trinajstić information content (AvgIpc) is 2.55. The van der Waals surface area contributed by atoms with Crippen molar-refractivity contribution in [2.75, 3.05) is 13.2 Å². The Kier molecular flexibility index (Phi) is 8.33. The molecule has 0 aliphatic rings. The van der Waals surface area contributed by atoms with Crippen molar-refractivity contribution in [1.82, 2.24) is 0 Å². The van der Waals surface area contributed by atoms with Crippen molar-refractivity contribution < 1.29 is 19.1 Å². The van der Waals surface area contributed by atoms with Gasteiger partial charge in [0.05, 0.1) is 13.2 Å². The van der Waals surface area contributed by atoms with Crippen LogP contribution in [0, 0.1) is 5.41 Å². The summed E-state index contributed by atoms with van der Waals surface area (Å²) in [6.07, 6.45) is 1.81. The quantitative estimate of drug-likeness (QED) is 0.272. The van der Waals surface area contributed by atoms with Gasteiger partial charge in [-0.1, -0.05) is 42.6 Å². The molecule has 0 heterocycles. The minimum absolute atomic E-state index is 0.135. The molecule has 0 radical (unpaired) electrons. The van der Waals surface area contributed by atoms with E-state index in [2.05, 4.69) is 13.2 Å². The molecule has 0 atom stereocenters. The molecular weight excluding hydrogens is 324 g/mol. The summed E-state index contributed by atoms with van der Waals surface area (Å²) in [6, 6.07) is 9.65. The van der Waals surface area contributed by atoms with Crippen LogP contribution in [0.1, 0.15) is 26.7 Å². The molecule has 1 rings (SSSR count). The zero-order chi connectivity index (χ0) is 18.0. The highest BCUT2D eigenvalue weighted by Crippen LogP contribution is 2.39. The van der Waals surface area contributed by atoms with Gasteiger partial charge in [-0.25, -0.2) is 0 Å². The third-order valence-electron chi connectivity index (χ3n) is 3.33. The van der Waals surface area contributed by atoms with Gasteiger partial charge in [-0.15, -0.1) is 6.58 Å². The first-order chi connectivity index (χ1) is 11.5. The van der Waals surface area contributed by atoms with Crippen molar-refractivity contribution in [1.29, 1.82) is 0 Å². The predicted molar refractivity (Wildman–Crippen MR) is 96.6 cm³/mol. The zero-order valence-electron chi connectivity index (χ0n) is 14.2. The summed E-state index contributed by atoms with van der Waals surface area (Å²) < 4.78 is 10.3. The Bertz CT molecular complexity index is 562. The molecule has 1 aromatic carbocycles. The summed E-state index contributed by atoms with van der Waals surface area (Å²) in [5.41, 5.74) is -1.44. The molecule has 0 saturated heterocycles. The van der Waals surface area contributed by atoms with E-state index >= 15 is 0 Å². The van der Waals surface area contributed by atoms with Crippen LogP contribution in [0.15, 0.2) is 59.4 Å². The molecular formula is C19H24O4S. The van der Waals surface area contributed by atoms with Gasteiger partial charge in [-0.3, -0.25) is 9.59 Å². The van der Waals surface area contributed by atoms with Gasteiger partial charge in [0.15, 0.2) is 5.41 Å². The first-order valence-electron chi connectivity index (χ1n) is 7.86. The van der Waals surface area contributed by atoms with Gasteiger partial charge in [0.25, 0.3) is 0 Å². The molecule has 24 heavy (non-hydrogen) atoms. The Morgan fingerprint density at radius 2 is 1.67 bits per heavy atom. The number of hydrogen-bond donors (Lipinski definition) is 0. The molecule has 0 amide bonds. The van der Waals surface area contributed by atoms with Crippen LogP contribution in [0.3, 0.4) is 0 Å². The Hall–Kier alpha value is -2.01. The van der Waals surface area contributed by atoms with Gasteiger partial charge >= 0.3 is 11.9 Å². The maximum atomic E-state index is 12.5. The topological polar surface area (TPSA) is 52.6 Å². The lowest BCUT2D eigenvalue weighted by atomic mass is 9.81. The smallest absolute Gasteiger partial charge is 0.324 e. The van der Waals surface area contributed by atoms with Gasteiger partial charge < -0.3 is 9.47 Å². The molecule has 5 heteroatoms. The van der Waals surface area contributed by atoms with Gasteiger partial charge in [0, 0.05) is 11.3 Å². The van der Waals surface area contributed by atoms with Crippen LogP contribution in [-0.2, 0) is 19.1 Å². The fraction of sp³-hybridized carbons (Fsp3) is 0.368. The van der Waals surface area contributed by atoms with Crippen LogP contribution in [0.2, 0.25) is 0 Å². The molecule has 130 valence electrons. The Balaban J connectivity index is 3.05. The molecule has 0 aliphatic heterocycles. The predicted octanol–water partition coefficient (Wildman–Crippen LogP) is 4.37. The monoisotopic (exact) mass is 348 g/mol. The summed E-state index contributed by atoms with van der Waals surface area (Å²) in [7, 11) is 0. The molecule has 0 aromatic heterocycles. The SMILES string of the molecule is C=CCC(CC(=C)Sc1ccccc1)(C(=O)OCC)C(=O)OCC. The fourth-order valence-corrected chi connectivity index (χ4v) is 3.22. The number of carbonyl (C=O) groups excluding carboxylic acids is 2. The van der Waals surface area contributed by atoms with Crippen LogP contribution < -0.4 is 0 Å². The summed E-state index contributed by atoms with van der Waals surface area (Å²) in [6.45, 7) is 11.5. The minimum Gasteiger partial charge on any atom is -0.465 e. The van der Waals surface area contributed by atoms with Crippen molar-refractivity contribution in [3.63, 3.8) is 0 Å². The van der Waals surface area contributed by atoms with Crippen LogP contribution in [0.5, 0.6) is 0 Å². The Labute approximate surface area is 147 Å². The van der Waals surface area contributed by atoms with E-state index in [9.17, 15) is 9.59 Å². The maximum Gasteiger partial charge on any atom is 0.324 e. The molecule has 0 spiro atoms. The number of ether oxygens (including phenoxy) is 2. The first kappa shape index (κ1) is 20.0. The van der Waals surface area contributed by atoms with Gasteiger partial charge in [-0.05, 0) is 37.3 Å². The second kappa shape index (κ2) is 9.98. The van der Waals surface area contributed by atoms with Crippen LogP contribution in [-0.4, -0.2) is 25.2 Å². The summed E-state index contributed by atoms with van der Waals surface area (Å²) >= 11 is 1.42. The summed E-state index contributed by atoms with van der Waals surface area (Å²) in [5.74, 6) is -1.20. The molecule has 1 aromatic rings. The van der Waals surface area contributed by atoms with Gasteiger partial charge in [-0.2, -0.15) is 0 Å². The Morgan fingerprint density at radius 3 is 2.12 bits per heavy atom. The van der Waals surface area contributed by atoms with Gasteiger partial charge in [0.2, 0.25) is 0 Å². The minimum atomic E-state index is -1.44. The van der Waals surface area contributed by atoms with Crippen molar-refractivity contribution in [2.24, 2.45) is 5.41 Å². The molecule has 0 aliphatic carbocycles. The number of thioether (sulfide) groups is 1. The lowest BCUT2D eigenvalue weighted by molar-refractivity contribution is -0.171. The first-order valence-corrected chi connectivity index (χ1v) is 8.67. The van der Waals surface area contributed by atoms with E-state index in [1.165, 1.54) is 17.8 Å². The summed E-state index contributed by atoms with van der Waals surface area (Å²) in [4.78, 5) is 26.7. The van der Waals surface area contributed by atoms with Crippen LogP contribution in [0.4, 0.5) is 0 Å². The van der Waals surface area contributed by atoms with E-state index in [0.717, 1.165) is 4.90 Å². The number of allylic oxidation sites excluding steroid dienone is 2. The van der Waals surface area contributed by atoms with Crippen molar-refractivity contribution in [3.05, 3.63) is 54.5 Å². The normalized spacial score (nSPS) is 10.8. The zero-order valence-corrected chi connectivity index (χ0v) is 15.1. The van der Waals surface area contributed by atoms with Crippen molar-refractivity contribution >= 4 is 23.7 Å². The third kappa shape index (κ3) is 5.27. The molecule has 0 saturated carbocycles. The molecule has 0 N–H and O–H groups in total. The highest BCUT2D eigenvalue weighted by atomic mass is 32.2. The second-order valence-corrected chi connectivity index (χ2v) is 6.40. The number of benzene rings is 1. The summed E-state index contributed by atoms with van der Waals surface area (Å²) in [5, 5.41) is 0. The number of hydrogen-bond acceptors (Lipinski definition) is 5. The molecule has 0 fully saturated rings. The van der Waals surface area contributed by atoms with Crippen molar-refractivity contribution in [3.8, 4) is 0 Å². The van der Waals surface area contributed by atoms with E-state index in [-0.39, 0.29) is 26.1 Å². The molecule has 0 unspecified atom stereocenters. The standard InChI is InChI=1S/C19H24O4S/c1-5-13-19(17(20)22-6-2,18(21)23-7-3)14-15(4)24-16-11-9-8-10-12-16/h5,8-12H,1,4,6-7,13-14H2,2-3H3. The third-order valence-corrected chi connectivity index (χ3v) is 4.27. The molecule has 0 bridgehead atoms. The lowest BCUT2D eigenvalue weighted by Crippen LogP contribution is -2.42. The lowest BCUT2D eigenvalue weighted by Gasteiger charge is -2.28. The largest absolute Gasteiger partial charge is 0.465 e. The van der Waals surface area contributed by atoms with E-state index in [0.29, 0.717) is 4.91 Å². The average molecular weight is 348 g/mol. The highest BCUT2D eigenvalue weighted by molar-refractivity contribution is 8.03. The van der Waals surface area contributed by atoms with E-state index in [1.54, 1.807) is 13.8 Å². The second-order valence-electron chi connectivity index (χ2n) is 5.15. The van der Waals surface area contributed by atoms with E-state index in [1.807, 2.05) is 30.3 Å². The Morgan fingerprint density at radius 1 is 1.12 bits per heavy atom.